The zero-order valence-electron chi connectivity index (χ0n) is 14.4. The van der Waals surface area contributed by atoms with E-state index in [4.69, 9.17) is 0 Å². The third-order valence-corrected chi connectivity index (χ3v) is 5.52. The number of carbonyl (C=O) groups is 1. The predicted molar refractivity (Wildman–Crippen MR) is 96.9 cm³/mol. The number of halogens is 1. The highest BCUT2D eigenvalue weighted by Crippen LogP contribution is 2.32. The van der Waals surface area contributed by atoms with Crippen LogP contribution in [0.15, 0.2) is 35.4 Å². The van der Waals surface area contributed by atoms with E-state index in [2.05, 4.69) is 5.10 Å². The molecule has 3 rings (SSSR count). The Hall–Kier alpha value is -2.74. The van der Waals surface area contributed by atoms with Gasteiger partial charge in [0.15, 0.2) is 0 Å². The second kappa shape index (κ2) is 7.25. The summed E-state index contributed by atoms with van der Waals surface area (Å²) in [5.74, 6) is -1.32. The molecule has 1 N–H and O–H groups in total. The highest BCUT2D eigenvalue weighted by molar-refractivity contribution is 7.15. The largest absolute Gasteiger partial charge is 0.478 e. The zero-order chi connectivity index (χ0) is 18.8. The molecule has 8 heteroatoms. The van der Waals surface area contributed by atoms with Crippen LogP contribution in [0.3, 0.4) is 0 Å². The summed E-state index contributed by atoms with van der Waals surface area (Å²) in [6.45, 7) is 3.97. The molecule has 0 bridgehead atoms. The van der Waals surface area contributed by atoms with E-state index in [-0.39, 0.29) is 23.6 Å². The number of nitrogens with zero attached hydrogens (tertiary/aromatic N) is 3. The molecule has 1 aromatic carbocycles. The Bertz CT molecular complexity index is 1000. The molecule has 0 amide bonds. The van der Waals surface area contributed by atoms with Crippen molar-refractivity contribution in [2.75, 3.05) is 0 Å². The number of benzene rings is 1. The lowest BCUT2D eigenvalue weighted by Crippen LogP contribution is -2.24. The van der Waals surface area contributed by atoms with Crippen molar-refractivity contribution in [2.45, 2.75) is 33.2 Å². The van der Waals surface area contributed by atoms with Crippen LogP contribution in [0.5, 0.6) is 0 Å². The number of hydrogen-bond acceptors (Lipinski definition) is 4. The molecule has 0 atom stereocenters. The van der Waals surface area contributed by atoms with E-state index in [1.54, 1.807) is 12.1 Å². The summed E-state index contributed by atoms with van der Waals surface area (Å²) in [6, 6.07) is 5.86. The average Bonchev–Trinajstić information content (AvgIpc) is 3.17. The standard InChI is InChI=1S/C18H18FN3O3S/c1-3-13-15(17(23)24)14(4-2)26-16(13)21-10-20-22(18(21)25)9-11-5-7-12(19)8-6-11/h5-8,10H,3-4,9H2,1-2H3,(H,23,24). The van der Waals surface area contributed by atoms with E-state index in [1.165, 1.54) is 39.0 Å². The Morgan fingerprint density at radius 2 is 1.92 bits per heavy atom. The van der Waals surface area contributed by atoms with Gasteiger partial charge in [0.05, 0.1) is 12.1 Å². The van der Waals surface area contributed by atoms with Crippen molar-refractivity contribution in [1.82, 2.24) is 14.3 Å². The Morgan fingerprint density at radius 3 is 2.50 bits per heavy atom. The van der Waals surface area contributed by atoms with Crippen molar-refractivity contribution in [3.8, 4) is 5.00 Å². The minimum absolute atomic E-state index is 0.214. The summed E-state index contributed by atoms with van der Waals surface area (Å²) in [5.41, 5.74) is 1.32. The first kappa shape index (κ1) is 18.1. The van der Waals surface area contributed by atoms with Crippen LogP contribution in [0.1, 0.15) is 40.2 Å². The van der Waals surface area contributed by atoms with Gasteiger partial charge in [-0.25, -0.2) is 23.2 Å². The van der Waals surface area contributed by atoms with Crippen LogP contribution in [0, 0.1) is 5.82 Å². The summed E-state index contributed by atoms with van der Waals surface area (Å²) >= 11 is 1.31. The monoisotopic (exact) mass is 375 g/mol. The van der Waals surface area contributed by atoms with Crippen molar-refractivity contribution >= 4 is 17.3 Å². The molecule has 3 aromatic rings. The van der Waals surface area contributed by atoms with E-state index in [0.717, 1.165) is 10.4 Å². The maximum atomic E-state index is 13.0. The van der Waals surface area contributed by atoms with Gasteiger partial charge in [-0.15, -0.1) is 11.3 Å². The van der Waals surface area contributed by atoms with Crippen molar-refractivity contribution in [2.24, 2.45) is 0 Å². The van der Waals surface area contributed by atoms with Gasteiger partial charge in [-0.3, -0.25) is 0 Å². The molecule has 0 aliphatic carbocycles. The number of rotatable bonds is 6. The molecule has 26 heavy (non-hydrogen) atoms. The summed E-state index contributed by atoms with van der Waals surface area (Å²) < 4.78 is 15.7. The fourth-order valence-electron chi connectivity index (χ4n) is 2.87. The lowest BCUT2D eigenvalue weighted by Gasteiger charge is -2.03. The number of aromatic nitrogens is 3. The van der Waals surface area contributed by atoms with Gasteiger partial charge < -0.3 is 5.11 Å². The molecule has 0 aliphatic heterocycles. The summed E-state index contributed by atoms with van der Waals surface area (Å²) in [4.78, 5) is 25.1. The van der Waals surface area contributed by atoms with Crippen LogP contribution in [0.2, 0.25) is 0 Å². The summed E-state index contributed by atoms with van der Waals surface area (Å²) in [7, 11) is 0. The predicted octanol–water partition coefficient (Wildman–Crippen LogP) is 3.11. The molecule has 0 saturated heterocycles. The first-order valence-corrected chi connectivity index (χ1v) is 9.05. The van der Waals surface area contributed by atoms with Gasteiger partial charge in [0.2, 0.25) is 0 Å². The Kier molecular flexibility index (Phi) is 5.03. The topological polar surface area (TPSA) is 77.1 Å². The van der Waals surface area contributed by atoms with Gasteiger partial charge in [-0.1, -0.05) is 26.0 Å². The molecule has 6 nitrogen and oxygen atoms in total. The van der Waals surface area contributed by atoms with Crippen LogP contribution in [-0.4, -0.2) is 25.4 Å². The second-order valence-corrected chi connectivity index (χ2v) is 6.85. The van der Waals surface area contributed by atoms with E-state index < -0.39 is 5.97 Å². The zero-order valence-corrected chi connectivity index (χ0v) is 15.2. The molecular weight excluding hydrogens is 357 g/mol. The third kappa shape index (κ3) is 3.20. The number of carboxylic acid groups (broad SMARTS) is 1. The van der Waals surface area contributed by atoms with Gasteiger partial charge in [-0.2, -0.15) is 5.10 Å². The smallest absolute Gasteiger partial charge is 0.351 e. The first-order valence-electron chi connectivity index (χ1n) is 8.23. The quantitative estimate of drug-likeness (QED) is 0.718. The molecule has 0 aliphatic rings. The summed E-state index contributed by atoms with van der Waals surface area (Å²) in [5, 5.41) is 14.3. The van der Waals surface area contributed by atoms with E-state index in [9.17, 15) is 19.1 Å². The maximum absolute atomic E-state index is 13.0. The van der Waals surface area contributed by atoms with Crippen LogP contribution in [-0.2, 0) is 19.4 Å². The molecule has 0 fully saturated rings. The molecule has 136 valence electrons. The fourth-order valence-corrected chi connectivity index (χ4v) is 4.16. The van der Waals surface area contributed by atoms with Crippen molar-refractivity contribution in [3.05, 3.63) is 68.5 Å². The van der Waals surface area contributed by atoms with Crippen molar-refractivity contribution < 1.29 is 14.3 Å². The lowest BCUT2D eigenvalue weighted by molar-refractivity contribution is 0.0695. The minimum atomic E-state index is -0.979. The number of aryl methyl sites for hydroxylation is 1. The lowest BCUT2D eigenvalue weighted by atomic mass is 10.1. The summed E-state index contributed by atoms with van der Waals surface area (Å²) in [6.07, 6.45) is 2.49. The highest BCUT2D eigenvalue weighted by Gasteiger charge is 2.23. The number of aromatic carboxylic acids is 1. The van der Waals surface area contributed by atoms with Gasteiger partial charge >= 0.3 is 11.7 Å². The highest BCUT2D eigenvalue weighted by atomic mass is 32.1. The Labute approximate surface area is 153 Å². The molecule has 0 unspecified atom stereocenters. The van der Waals surface area contributed by atoms with Gasteiger partial charge in [0.1, 0.15) is 17.1 Å². The normalized spacial score (nSPS) is 11.0. The molecular formula is C18H18FN3O3S. The van der Waals surface area contributed by atoms with Crippen molar-refractivity contribution in [3.63, 3.8) is 0 Å². The second-order valence-electron chi connectivity index (χ2n) is 5.76. The average molecular weight is 375 g/mol. The fraction of sp³-hybridized carbons (Fsp3) is 0.278. The van der Waals surface area contributed by atoms with Crippen molar-refractivity contribution in [1.29, 1.82) is 0 Å². The molecule has 0 radical (unpaired) electrons. The van der Waals surface area contributed by atoms with E-state index >= 15 is 0 Å². The first-order chi connectivity index (χ1) is 12.5. The number of thiophene rings is 1. The SMILES string of the molecule is CCc1sc(-n2cnn(Cc3ccc(F)cc3)c2=O)c(CC)c1C(=O)O. The van der Waals surface area contributed by atoms with Crippen LogP contribution < -0.4 is 5.69 Å². The Morgan fingerprint density at radius 1 is 1.23 bits per heavy atom. The Balaban J connectivity index is 2.04. The molecule has 0 spiro atoms. The van der Waals surface area contributed by atoms with Crippen LogP contribution in [0.25, 0.3) is 5.00 Å². The van der Waals surface area contributed by atoms with Gasteiger partial charge in [-0.05, 0) is 30.5 Å². The molecule has 2 aromatic heterocycles. The van der Waals surface area contributed by atoms with Gasteiger partial charge in [0.25, 0.3) is 0 Å². The number of carboxylic acids is 1. The molecule has 0 saturated carbocycles. The number of hydrogen-bond donors (Lipinski definition) is 1. The van der Waals surface area contributed by atoms with Crippen LogP contribution in [0.4, 0.5) is 4.39 Å². The minimum Gasteiger partial charge on any atom is -0.478 e. The maximum Gasteiger partial charge on any atom is 0.351 e. The third-order valence-electron chi connectivity index (χ3n) is 4.14. The molecule has 2 heterocycles. The van der Waals surface area contributed by atoms with E-state index in [0.29, 0.717) is 23.4 Å². The van der Waals surface area contributed by atoms with E-state index in [1.807, 2.05) is 13.8 Å². The van der Waals surface area contributed by atoms with Gasteiger partial charge in [0, 0.05) is 10.4 Å². The van der Waals surface area contributed by atoms with Crippen LogP contribution >= 0.6 is 11.3 Å².